The van der Waals surface area contributed by atoms with Crippen LogP contribution in [-0.4, -0.2) is 26.1 Å². The van der Waals surface area contributed by atoms with Crippen LogP contribution in [-0.2, 0) is 19.4 Å². The highest BCUT2D eigenvalue weighted by molar-refractivity contribution is 7.91. The highest BCUT2D eigenvalue weighted by atomic mass is 32.2. The van der Waals surface area contributed by atoms with Gasteiger partial charge in [0.25, 0.3) is 0 Å². The zero-order chi connectivity index (χ0) is 16.1. The summed E-state index contributed by atoms with van der Waals surface area (Å²) in [5.41, 5.74) is -0.968. The molecule has 0 radical (unpaired) electrons. The maximum absolute atomic E-state index is 11.5. The topological polar surface area (TPSA) is 60.4 Å². The van der Waals surface area contributed by atoms with Gasteiger partial charge in [-0.15, -0.1) is 0 Å². The van der Waals surface area contributed by atoms with E-state index in [4.69, 9.17) is 4.74 Å². The molecule has 0 aromatic heterocycles. The van der Waals surface area contributed by atoms with Crippen molar-refractivity contribution >= 4 is 15.8 Å². The fourth-order valence-electron chi connectivity index (χ4n) is 2.34. The zero-order valence-electron chi connectivity index (χ0n) is 13.9. The summed E-state index contributed by atoms with van der Waals surface area (Å²) in [7, 11) is -3.31. The molecular formula is C16H32O4S. The SMILES string of the molecule is CCCCCCCCCCCCC(OC(C)=O)S(C)(=O)=O. The van der Waals surface area contributed by atoms with Crippen molar-refractivity contribution in [3.63, 3.8) is 0 Å². The molecular weight excluding hydrogens is 288 g/mol. The number of hydrogen-bond acceptors (Lipinski definition) is 4. The lowest BCUT2D eigenvalue weighted by atomic mass is 10.1. The average Bonchev–Trinajstić information content (AvgIpc) is 2.38. The molecule has 21 heavy (non-hydrogen) atoms. The van der Waals surface area contributed by atoms with Crippen molar-refractivity contribution in [2.75, 3.05) is 6.26 Å². The van der Waals surface area contributed by atoms with Crippen LogP contribution in [0.4, 0.5) is 0 Å². The minimum absolute atomic E-state index is 0.412. The quantitative estimate of drug-likeness (QED) is 0.376. The molecule has 0 bridgehead atoms. The van der Waals surface area contributed by atoms with Gasteiger partial charge in [-0.05, 0) is 12.8 Å². The summed E-state index contributed by atoms with van der Waals surface area (Å²) in [4.78, 5) is 10.9. The molecule has 0 amide bonds. The first kappa shape index (κ1) is 20.4. The highest BCUT2D eigenvalue weighted by Gasteiger charge is 2.22. The van der Waals surface area contributed by atoms with Crippen LogP contribution in [0.25, 0.3) is 0 Å². The van der Waals surface area contributed by atoms with Gasteiger partial charge in [0.2, 0.25) is 5.44 Å². The Bertz CT molecular complexity index is 362. The van der Waals surface area contributed by atoms with Crippen LogP contribution < -0.4 is 0 Å². The monoisotopic (exact) mass is 320 g/mol. The smallest absolute Gasteiger partial charge is 0.303 e. The van der Waals surface area contributed by atoms with Gasteiger partial charge >= 0.3 is 5.97 Å². The number of sulfone groups is 1. The molecule has 0 saturated heterocycles. The van der Waals surface area contributed by atoms with Gasteiger partial charge in [-0.3, -0.25) is 4.79 Å². The summed E-state index contributed by atoms with van der Waals surface area (Å²) in [6.45, 7) is 3.47. The lowest BCUT2D eigenvalue weighted by molar-refractivity contribution is -0.143. The third kappa shape index (κ3) is 12.8. The van der Waals surface area contributed by atoms with Gasteiger partial charge in [0.05, 0.1) is 0 Å². The van der Waals surface area contributed by atoms with E-state index in [1.54, 1.807) is 0 Å². The summed E-state index contributed by atoms with van der Waals surface area (Å²) in [5, 5.41) is 0. The maximum Gasteiger partial charge on any atom is 0.303 e. The number of hydrogen-bond donors (Lipinski definition) is 0. The van der Waals surface area contributed by atoms with Crippen LogP contribution in [0.2, 0.25) is 0 Å². The Morgan fingerprint density at radius 1 is 0.905 bits per heavy atom. The fourth-order valence-corrected chi connectivity index (χ4v) is 3.25. The lowest BCUT2D eigenvalue weighted by Gasteiger charge is -2.14. The third-order valence-electron chi connectivity index (χ3n) is 3.57. The molecule has 0 spiro atoms. The van der Waals surface area contributed by atoms with Crippen molar-refractivity contribution in [2.24, 2.45) is 0 Å². The van der Waals surface area contributed by atoms with E-state index in [0.29, 0.717) is 6.42 Å². The molecule has 0 aromatic rings. The number of carbonyl (C=O) groups is 1. The first-order valence-electron chi connectivity index (χ1n) is 8.24. The van der Waals surface area contributed by atoms with Crippen LogP contribution in [0.15, 0.2) is 0 Å². The first-order valence-corrected chi connectivity index (χ1v) is 10.2. The molecule has 0 N–H and O–H groups in total. The number of rotatable bonds is 13. The van der Waals surface area contributed by atoms with E-state index in [0.717, 1.165) is 25.5 Å². The molecule has 0 saturated carbocycles. The Hall–Kier alpha value is -0.580. The second kappa shape index (κ2) is 12.0. The molecule has 0 aliphatic heterocycles. The highest BCUT2D eigenvalue weighted by Crippen LogP contribution is 2.15. The summed E-state index contributed by atoms with van der Waals surface area (Å²) in [5.74, 6) is -0.530. The fraction of sp³-hybridized carbons (Fsp3) is 0.938. The zero-order valence-corrected chi connectivity index (χ0v) is 14.7. The molecule has 0 heterocycles. The second-order valence-corrected chi connectivity index (χ2v) is 8.02. The van der Waals surface area contributed by atoms with Crippen LogP contribution >= 0.6 is 0 Å². The number of esters is 1. The molecule has 1 unspecified atom stereocenters. The molecule has 0 fully saturated rings. The van der Waals surface area contributed by atoms with Gasteiger partial charge < -0.3 is 4.74 Å². The normalized spacial score (nSPS) is 13.1. The van der Waals surface area contributed by atoms with E-state index in [2.05, 4.69) is 6.92 Å². The van der Waals surface area contributed by atoms with E-state index in [1.807, 2.05) is 0 Å². The van der Waals surface area contributed by atoms with Gasteiger partial charge in [0.15, 0.2) is 9.84 Å². The first-order chi connectivity index (χ1) is 9.88. The minimum Gasteiger partial charge on any atom is -0.446 e. The second-order valence-electron chi connectivity index (χ2n) is 5.84. The van der Waals surface area contributed by atoms with Gasteiger partial charge in [-0.25, -0.2) is 8.42 Å². The molecule has 4 nitrogen and oxygen atoms in total. The number of unbranched alkanes of at least 4 members (excludes halogenated alkanes) is 9. The van der Waals surface area contributed by atoms with Crippen molar-refractivity contribution in [1.29, 1.82) is 0 Å². The van der Waals surface area contributed by atoms with E-state index < -0.39 is 21.2 Å². The predicted molar refractivity (Wildman–Crippen MR) is 86.9 cm³/mol. The Labute approximate surface area is 130 Å². The molecule has 0 rings (SSSR count). The third-order valence-corrected chi connectivity index (χ3v) is 4.86. The number of ether oxygens (including phenoxy) is 1. The van der Waals surface area contributed by atoms with Gasteiger partial charge in [-0.2, -0.15) is 0 Å². The van der Waals surface area contributed by atoms with Crippen LogP contribution in [0, 0.1) is 0 Å². The molecule has 1 atom stereocenters. The van der Waals surface area contributed by atoms with E-state index in [9.17, 15) is 13.2 Å². The Kier molecular flexibility index (Phi) is 11.7. The van der Waals surface area contributed by atoms with Crippen LogP contribution in [0.3, 0.4) is 0 Å². The van der Waals surface area contributed by atoms with Crippen molar-refractivity contribution in [3.05, 3.63) is 0 Å². The van der Waals surface area contributed by atoms with E-state index in [1.165, 1.54) is 51.9 Å². The van der Waals surface area contributed by atoms with Crippen molar-refractivity contribution < 1.29 is 17.9 Å². The minimum atomic E-state index is -3.31. The van der Waals surface area contributed by atoms with E-state index >= 15 is 0 Å². The lowest BCUT2D eigenvalue weighted by Crippen LogP contribution is -2.25. The summed E-state index contributed by atoms with van der Waals surface area (Å²) in [6, 6.07) is 0. The van der Waals surface area contributed by atoms with Gasteiger partial charge in [-0.1, -0.05) is 64.7 Å². The average molecular weight is 320 g/mol. The summed E-state index contributed by atoms with van der Waals surface area (Å²) < 4.78 is 27.8. The Morgan fingerprint density at radius 3 is 1.71 bits per heavy atom. The molecule has 0 aliphatic rings. The van der Waals surface area contributed by atoms with Gasteiger partial charge in [0.1, 0.15) is 0 Å². The van der Waals surface area contributed by atoms with Crippen molar-refractivity contribution in [2.45, 2.75) is 89.9 Å². The Balaban J connectivity index is 3.61. The van der Waals surface area contributed by atoms with Crippen molar-refractivity contribution in [3.8, 4) is 0 Å². The van der Waals surface area contributed by atoms with E-state index in [-0.39, 0.29) is 0 Å². The summed E-state index contributed by atoms with van der Waals surface area (Å²) in [6.07, 6.45) is 13.5. The maximum atomic E-state index is 11.5. The Morgan fingerprint density at radius 2 is 1.33 bits per heavy atom. The van der Waals surface area contributed by atoms with Crippen LogP contribution in [0.1, 0.15) is 84.5 Å². The van der Waals surface area contributed by atoms with Gasteiger partial charge in [0, 0.05) is 13.2 Å². The standard InChI is InChI=1S/C16H32O4S/c1-4-5-6-7-8-9-10-11-12-13-14-16(20-15(2)17)21(3,18)19/h16H,4-14H2,1-3H3. The molecule has 0 aromatic carbocycles. The molecule has 126 valence electrons. The largest absolute Gasteiger partial charge is 0.446 e. The molecule has 5 heteroatoms. The number of carbonyl (C=O) groups excluding carboxylic acids is 1. The predicted octanol–water partition coefficient (Wildman–Crippen LogP) is 4.23. The van der Waals surface area contributed by atoms with Crippen LogP contribution in [0.5, 0.6) is 0 Å². The summed E-state index contributed by atoms with van der Waals surface area (Å²) >= 11 is 0. The molecule has 0 aliphatic carbocycles. The van der Waals surface area contributed by atoms with Crippen molar-refractivity contribution in [1.82, 2.24) is 0 Å².